The summed E-state index contributed by atoms with van der Waals surface area (Å²) in [7, 11) is -3.00. The summed E-state index contributed by atoms with van der Waals surface area (Å²) in [6, 6.07) is 2.69. The number of anilines is 1. The fraction of sp³-hybridized carbons (Fsp3) is 0.455. The summed E-state index contributed by atoms with van der Waals surface area (Å²) in [6.07, 6.45) is 1.17. The number of thioether (sulfide) groups is 1. The SMILES string of the molecule is CCOc1cc(SCCS(C)(=O)=O)c(N)cc1F. The fourth-order valence-electron chi connectivity index (χ4n) is 1.24. The van der Waals surface area contributed by atoms with Crippen LogP contribution in [-0.2, 0) is 9.84 Å². The van der Waals surface area contributed by atoms with Crippen LogP contribution in [0.3, 0.4) is 0 Å². The highest BCUT2D eigenvalue weighted by Crippen LogP contribution is 2.31. The minimum atomic E-state index is -3.00. The smallest absolute Gasteiger partial charge is 0.167 e. The molecule has 0 spiro atoms. The Morgan fingerprint density at radius 3 is 2.67 bits per heavy atom. The fourth-order valence-corrected chi connectivity index (χ4v) is 3.42. The van der Waals surface area contributed by atoms with Crippen LogP contribution in [0.25, 0.3) is 0 Å². The second-order valence-electron chi connectivity index (χ2n) is 3.73. The van der Waals surface area contributed by atoms with Crippen molar-refractivity contribution in [2.75, 3.05) is 30.1 Å². The van der Waals surface area contributed by atoms with Crippen LogP contribution in [-0.4, -0.2) is 32.8 Å². The third-order valence-corrected chi connectivity index (χ3v) is 4.35. The first-order valence-electron chi connectivity index (χ1n) is 5.36. The molecule has 102 valence electrons. The topological polar surface area (TPSA) is 69.4 Å². The Hall–Kier alpha value is -0.950. The molecule has 1 rings (SSSR count). The van der Waals surface area contributed by atoms with Crippen molar-refractivity contribution in [1.82, 2.24) is 0 Å². The number of halogens is 1. The lowest BCUT2D eigenvalue weighted by Crippen LogP contribution is -2.05. The molecule has 0 aliphatic heterocycles. The Balaban J connectivity index is 2.79. The van der Waals surface area contributed by atoms with Gasteiger partial charge in [-0.05, 0) is 13.0 Å². The van der Waals surface area contributed by atoms with Gasteiger partial charge in [-0.2, -0.15) is 0 Å². The van der Waals surface area contributed by atoms with Gasteiger partial charge in [-0.1, -0.05) is 0 Å². The predicted molar refractivity (Wildman–Crippen MR) is 72.4 cm³/mol. The van der Waals surface area contributed by atoms with Crippen LogP contribution in [0, 0.1) is 5.82 Å². The van der Waals surface area contributed by atoms with Crippen LogP contribution >= 0.6 is 11.8 Å². The van der Waals surface area contributed by atoms with E-state index < -0.39 is 15.7 Å². The van der Waals surface area contributed by atoms with Crippen molar-refractivity contribution in [1.29, 1.82) is 0 Å². The van der Waals surface area contributed by atoms with E-state index in [0.717, 1.165) is 0 Å². The van der Waals surface area contributed by atoms with Gasteiger partial charge in [0.05, 0.1) is 12.4 Å². The molecule has 0 aliphatic rings. The molecular formula is C11H16FNO3S2. The Morgan fingerprint density at radius 2 is 2.11 bits per heavy atom. The van der Waals surface area contributed by atoms with Gasteiger partial charge in [0.25, 0.3) is 0 Å². The molecule has 1 aromatic rings. The van der Waals surface area contributed by atoms with Crippen molar-refractivity contribution in [3.63, 3.8) is 0 Å². The summed E-state index contributed by atoms with van der Waals surface area (Å²) in [5.74, 6) is 0.0500. The summed E-state index contributed by atoms with van der Waals surface area (Å²) >= 11 is 1.27. The summed E-state index contributed by atoms with van der Waals surface area (Å²) in [6.45, 7) is 2.11. The second kappa shape index (κ2) is 6.29. The molecule has 2 N–H and O–H groups in total. The van der Waals surface area contributed by atoms with Gasteiger partial charge < -0.3 is 10.5 Å². The van der Waals surface area contributed by atoms with Gasteiger partial charge in [-0.15, -0.1) is 11.8 Å². The maximum Gasteiger partial charge on any atom is 0.167 e. The van der Waals surface area contributed by atoms with E-state index in [1.54, 1.807) is 6.92 Å². The van der Waals surface area contributed by atoms with Crippen molar-refractivity contribution in [2.24, 2.45) is 0 Å². The molecule has 0 atom stereocenters. The Bertz CT molecular complexity index is 517. The van der Waals surface area contributed by atoms with E-state index in [1.807, 2.05) is 0 Å². The van der Waals surface area contributed by atoms with E-state index in [4.69, 9.17) is 10.5 Å². The first-order chi connectivity index (χ1) is 8.33. The van der Waals surface area contributed by atoms with Gasteiger partial charge in [0.15, 0.2) is 11.6 Å². The van der Waals surface area contributed by atoms with Crippen molar-refractivity contribution in [3.05, 3.63) is 17.9 Å². The van der Waals surface area contributed by atoms with Gasteiger partial charge in [-0.3, -0.25) is 0 Å². The minimum Gasteiger partial charge on any atom is -0.491 e. The molecule has 4 nitrogen and oxygen atoms in total. The number of ether oxygens (including phenoxy) is 1. The molecule has 0 fully saturated rings. The molecule has 0 bridgehead atoms. The van der Waals surface area contributed by atoms with Gasteiger partial charge in [0, 0.05) is 28.7 Å². The molecule has 0 radical (unpaired) electrons. The highest BCUT2D eigenvalue weighted by atomic mass is 32.2. The summed E-state index contributed by atoms with van der Waals surface area (Å²) in [5.41, 5.74) is 5.96. The Morgan fingerprint density at radius 1 is 1.44 bits per heavy atom. The molecule has 0 unspecified atom stereocenters. The molecule has 1 aromatic carbocycles. The number of nitrogen functional groups attached to an aromatic ring is 1. The standard InChI is InChI=1S/C11H16FNO3S2/c1-3-16-10-7-11(9(13)6-8(10)12)17-4-5-18(2,14)15/h6-7H,3-5,13H2,1-2H3. The molecule has 0 amide bonds. The van der Waals surface area contributed by atoms with Crippen molar-refractivity contribution >= 4 is 27.3 Å². The lowest BCUT2D eigenvalue weighted by atomic mass is 10.3. The van der Waals surface area contributed by atoms with Gasteiger partial charge in [-0.25, -0.2) is 12.8 Å². The number of hydrogen-bond acceptors (Lipinski definition) is 5. The number of hydrogen-bond donors (Lipinski definition) is 1. The highest BCUT2D eigenvalue weighted by molar-refractivity contribution is 8.00. The summed E-state index contributed by atoms with van der Waals surface area (Å²) in [5, 5.41) is 0. The minimum absolute atomic E-state index is 0.0540. The molecule has 0 aliphatic carbocycles. The molecule has 0 saturated carbocycles. The zero-order valence-corrected chi connectivity index (χ0v) is 11.9. The van der Waals surface area contributed by atoms with Crippen molar-refractivity contribution < 1.29 is 17.5 Å². The zero-order valence-electron chi connectivity index (χ0n) is 10.3. The average Bonchev–Trinajstić information content (AvgIpc) is 2.23. The maximum atomic E-state index is 13.4. The summed E-state index contributed by atoms with van der Waals surface area (Å²) < 4.78 is 40.5. The molecule has 0 saturated heterocycles. The monoisotopic (exact) mass is 293 g/mol. The van der Waals surface area contributed by atoms with Crippen LogP contribution in [0.15, 0.2) is 17.0 Å². The van der Waals surface area contributed by atoms with Crippen LogP contribution in [0.4, 0.5) is 10.1 Å². The normalized spacial score (nSPS) is 11.5. The van der Waals surface area contributed by atoms with E-state index in [0.29, 0.717) is 17.3 Å². The highest BCUT2D eigenvalue weighted by Gasteiger charge is 2.10. The number of rotatable bonds is 6. The predicted octanol–water partition coefficient (Wildman–Crippen LogP) is 1.94. The third-order valence-electron chi connectivity index (χ3n) is 2.08. The molecular weight excluding hydrogens is 277 g/mol. The van der Waals surface area contributed by atoms with E-state index in [2.05, 4.69) is 0 Å². The van der Waals surface area contributed by atoms with E-state index in [9.17, 15) is 12.8 Å². The third kappa shape index (κ3) is 4.73. The van der Waals surface area contributed by atoms with E-state index in [1.165, 1.54) is 30.2 Å². The first kappa shape index (κ1) is 15.1. The van der Waals surface area contributed by atoms with Gasteiger partial charge in [0.2, 0.25) is 0 Å². The summed E-state index contributed by atoms with van der Waals surface area (Å²) in [4.78, 5) is 0.628. The van der Waals surface area contributed by atoms with Gasteiger partial charge >= 0.3 is 0 Å². The van der Waals surface area contributed by atoms with Crippen molar-refractivity contribution in [3.8, 4) is 5.75 Å². The van der Waals surface area contributed by atoms with Crippen LogP contribution in [0.2, 0.25) is 0 Å². The van der Waals surface area contributed by atoms with E-state index in [-0.39, 0.29) is 17.2 Å². The van der Waals surface area contributed by atoms with Crippen molar-refractivity contribution in [2.45, 2.75) is 11.8 Å². The zero-order chi connectivity index (χ0) is 13.8. The maximum absolute atomic E-state index is 13.4. The Kier molecular flexibility index (Phi) is 5.28. The average molecular weight is 293 g/mol. The second-order valence-corrected chi connectivity index (χ2v) is 7.13. The first-order valence-corrected chi connectivity index (χ1v) is 8.40. The molecule has 0 aromatic heterocycles. The van der Waals surface area contributed by atoms with Crippen LogP contribution in [0.5, 0.6) is 5.75 Å². The van der Waals surface area contributed by atoms with E-state index >= 15 is 0 Å². The largest absolute Gasteiger partial charge is 0.491 e. The quantitative estimate of drug-likeness (QED) is 0.641. The van der Waals surface area contributed by atoms with Crippen LogP contribution in [0.1, 0.15) is 6.92 Å². The number of sulfone groups is 1. The Labute approximate surface area is 111 Å². The van der Waals surface area contributed by atoms with Gasteiger partial charge in [0.1, 0.15) is 9.84 Å². The lowest BCUT2D eigenvalue weighted by molar-refractivity contribution is 0.321. The molecule has 18 heavy (non-hydrogen) atoms. The number of nitrogens with two attached hydrogens (primary N) is 1. The molecule has 0 heterocycles. The number of benzene rings is 1. The lowest BCUT2D eigenvalue weighted by Gasteiger charge is -2.10. The molecule has 7 heteroatoms. The van der Waals surface area contributed by atoms with Crippen LogP contribution < -0.4 is 10.5 Å².